The Morgan fingerprint density at radius 3 is 2.56 bits per heavy atom. The molecular formula is C15H22N2O. The fourth-order valence-electron chi connectivity index (χ4n) is 2.51. The summed E-state index contributed by atoms with van der Waals surface area (Å²) in [6.07, 6.45) is 1.62. The van der Waals surface area contributed by atoms with Crippen molar-refractivity contribution in [1.29, 1.82) is 0 Å². The number of carbonyl (C=O) groups excluding carboxylic acids is 1. The first kappa shape index (κ1) is 13.1. The molecule has 0 spiro atoms. The van der Waals surface area contributed by atoms with Crippen LogP contribution in [-0.4, -0.2) is 44.4 Å². The van der Waals surface area contributed by atoms with Crippen LogP contribution < -0.4 is 4.90 Å². The third-order valence-corrected chi connectivity index (χ3v) is 3.76. The molecule has 0 bridgehead atoms. The molecule has 0 radical (unpaired) electrons. The van der Waals surface area contributed by atoms with Crippen LogP contribution in [0.5, 0.6) is 0 Å². The van der Waals surface area contributed by atoms with Gasteiger partial charge >= 0.3 is 0 Å². The molecule has 1 aliphatic rings. The Balaban J connectivity index is 2.19. The molecule has 0 aromatic heterocycles. The van der Waals surface area contributed by atoms with E-state index in [9.17, 15) is 4.79 Å². The zero-order valence-electron chi connectivity index (χ0n) is 11.3. The number of aldehydes is 1. The van der Waals surface area contributed by atoms with Gasteiger partial charge in [0, 0.05) is 38.3 Å². The van der Waals surface area contributed by atoms with Gasteiger partial charge in [0.25, 0.3) is 0 Å². The number of nitrogens with zero attached hydrogens (tertiary/aromatic N) is 2. The van der Waals surface area contributed by atoms with E-state index >= 15 is 0 Å². The zero-order chi connectivity index (χ0) is 13.0. The molecular weight excluding hydrogens is 224 g/mol. The van der Waals surface area contributed by atoms with Crippen molar-refractivity contribution >= 4 is 12.0 Å². The first-order chi connectivity index (χ1) is 8.72. The highest BCUT2D eigenvalue weighted by molar-refractivity contribution is 5.59. The summed E-state index contributed by atoms with van der Waals surface area (Å²) >= 11 is 0. The van der Waals surface area contributed by atoms with E-state index in [2.05, 4.69) is 48.0 Å². The smallest absolute Gasteiger partial charge is 0.120 e. The predicted molar refractivity (Wildman–Crippen MR) is 75.2 cm³/mol. The molecule has 0 N–H and O–H groups in total. The first-order valence-corrected chi connectivity index (χ1v) is 6.68. The molecule has 1 aliphatic heterocycles. The summed E-state index contributed by atoms with van der Waals surface area (Å²) in [5, 5.41) is 0. The van der Waals surface area contributed by atoms with Crippen molar-refractivity contribution in [2.75, 3.05) is 38.1 Å². The second-order valence-corrected chi connectivity index (χ2v) is 5.15. The van der Waals surface area contributed by atoms with Crippen LogP contribution in [0.3, 0.4) is 0 Å². The Morgan fingerprint density at radius 2 is 1.89 bits per heavy atom. The van der Waals surface area contributed by atoms with Crippen LogP contribution in [0.4, 0.5) is 5.69 Å². The Labute approximate surface area is 109 Å². The molecule has 98 valence electrons. The summed E-state index contributed by atoms with van der Waals surface area (Å²) in [6, 6.07) is 8.49. The van der Waals surface area contributed by atoms with Gasteiger partial charge in [-0.05, 0) is 24.6 Å². The summed E-state index contributed by atoms with van der Waals surface area (Å²) in [5.41, 5.74) is 2.61. The molecule has 1 aromatic carbocycles. The summed E-state index contributed by atoms with van der Waals surface area (Å²) in [4.78, 5) is 15.5. The van der Waals surface area contributed by atoms with E-state index in [4.69, 9.17) is 0 Å². The predicted octanol–water partition coefficient (Wildman–Crippen LogP) is 2.13. The summed E-state index contributed by atoms with van der Waals surface area (Å²) in [6.45, 7) is 6.48. The third kappa shape index (κ3) is 2.91. The molecule has 1 aromatic rings. The first-order valence-electron chi connectivity index (χ1n) is 6.68. The van der Waals surface area contributed by atoms with Crippen LogP contribution in [0.25, 0.3) is 0 Å². The van der Waals surface area contributed by atoms with Gasteiger partial charge in [-0.2, -0.15) is 0 Å². The fourth-order valence-corrected chi connectivity index (χ4v) is 2.51. The van der Waals surface area contributed by atoms with Gasteiger partial charge < -0.3 is 14.6 Å². The van der Waals surface area contributed by atoms with E-state index < -0.39 is 0 Å². The number of carbonyl (C=O) groups is 1. The average molecular weight is 246 g/mol. The van der Waals surface area contributed by atoms with E-state index in [0.717, 1.165) is 32.5 Å². The van der Waals surface area contributed by atoms with Crippen molar-refractivity contribution in [3.63, 3.8) is 0 Å². The molecule has 3 heteroatoms. The number of piperazine rings is 1. The van der Waals surface area contributed by atoms with Crippen LogP contribution in [0, 0.1) is 0 Å². The highest BCUT2D eigenvalue weighted by atomic mass is 16.1. The lowest BCUT2D eigenvalue weighted by Crippen LogP contribution is -2.44. The van der Waals surface area contributed by atoms with Gasteiger partial charge in [-0.1, -0.05) is 25.1 Å². The average Bonchev–Trinajstić information content (AvgIpc) is 2.40. The SMILES string of the molecule is CC(CC=O)c1ccccc1N1CCN(C)CC1. The maximum Gasteiger partial charge on any atom is 0.120 e. The second kappa shape index (κ2) is 6.01. The second-order valence-electron chi connectivity index (χ2n) is 5.15. The van der Waals surface area contributed by atoms with Crippen LogP contribution in [0.2, 0.25) is 0 Å². The van der Waals surface area contributed by atoms with Crippen molar-refractivity contribution in [2.45, 2.75) is 19.3 Å². The maximum atomic E-state index is 10.7. The van der Waals surface area contributed by atoms with Crippen LogP contribution in [0.15, 0.2) is 24.3 Å². The molecule has 1 atom stereocenters. The number of anilines is 1. The Kier molecular flexibility index (Phi) is 4.37. The maximum absolute atomic E-state index is 10.7. The molecule has 1 unspecified atom stereocenters. The normalized spacial score (nSPS) is 18.7. The highest BCUT2D eigenvalue weighted by Crippen LogP contribution is 2.29. The number of hydrogen-bond donors (Lipinski definition) is 0. The number of para-hydroxylation sites is 1. The molecule has 0 amide bonds. The molecule has 0 saturated carbocycles. The molecule has 0 aliphatic carbocycles. The zero-order valence-corrected chi connectivity index (χ0v) is 11.3. The lowest BCUT2D eigenvalue weighted by molar-refractivity contribution is -0.108. The number of rotatable bonds is 4. The van der Waals surface area contributed by atoms with Crippen LogP contribution >= 0.6 is 0 Å². The van der Waals surface area contributed by atoms with Gasteiger partial charge in [0.2, 0.25) is 0 Å². The van der Waals surface area contributed by atoms with E-state index in [1.165, 1.54) is 11.3 Å². The van der Waals surface area contributed by atoms with Crippen molar-refractivity contribution in [2.24, 2.45) is 0 Å². The van der Waals surface area contributed by atoms with Crippen molar-refractivity contribution < 1.29 is 4.79 Å². The topological polar surface area (TPSA) is 23.6 Å². The van der Waals surface area contributed by atoms with Crippen molar-refractivity contribution in [3.05, 3.63) is 29.8 Å². The Morgan fingerprint density at radius 1 is 1.22 bits per heavy atom. The molecule has 1 heterocycles. The summed E-state index contributed by atoms with van der Waals surface area (Å²) in [5.74, 6) is 0.304. The Bertz CT molecular complexity index is 397. The van der Waals surface area contributed by atoms with E-state index in [1.807, 2.05) is 0 Å². The van der Waals surface area contributed by atoms with Crippen molar-refractivity contribution in [3.8, 4) is 0 Å². The van der Waals surface area contributed by atoms with Gasteiger partial charge in [-0.15, -0.1) is 0 Å². The Hall–Kier alpha value is -1.35. The minimum Gasteiger partial charge on any atom is -0.369 e. The van der Waals surface area contributed by atoms with Gasteiger partial charge in [0.15, 0.2) is 0 Å². The number of hydrogen-bond acceptors (Lipinski definition) is 3. The van der Waals surface area contributed by atoms with Gasteiger partial charge in [0.1, 0.15) is 6.29 Å². The molecule has 1 fully saturated rings. The number of benzene rings is 1. The van der Waals surface area contributed by atoms with Gasteiger partial charge in [0.05, 0.1) is 0 Å². The summed E-state index contributed by atoms with van der Waals surface area (Å²) in [7, 11) is 2.16. The van der Waals surface area contributed by atoms with Crippen LogP contribution in [0.1, 0.15) is 24.8 Å². The monoisotopic (exact) mass is 246 g/mol. The minimum atomic E-state index is 0.304. The van der Waals surface area contributed by atoms with E-state index in [1.54, 1.807) is 0 Å². The molecule has 2 rings (SSSR count). The lowest BCUT2D eigenvalue weighted by Gasteiger charge is -2.35. The van der Waals surface area contributed by atoms with Gasteiger partial charge in [-0.3, -0.25) is 0 Å². The highest BCUT2D eigenvalue weighted by Gasteiger charge is 2.18. The largest absolute Gasteiger partial charge is 0.369 e. The standard InChI is InChI=1S/C15H22N2O/c1-13(7-12-18)14-5-3-4-6-15(14)17-10-8-16(2)9-11-17/h3-6,12-13H,7-11H2,1-2H3. The quantitative estimate of drug-likeness (QED) is 0.760. The van der Waals surface area contributed by atoms with Gasteiger partial charge in [-0.25, -0.2) is 0 Å². The van der Waals surface area contributed by atoms with E-state index in [0.29, 0.717) is 12.3 Å². The fraction of sp³-hybridized carbons (Fsp3) is 0.533. The summed E-state index contributed by atoms with van der Waals surface area (Å²) < 4.78 is 0. The van der Waals surface area contributed by atoms with E-state index in [-0.39, 0.29) is 0 Å². The number of likely N-dealkylation sites (N-methyl/N-ethyl adjacent to an activating group) is 1. The van der Waals surface area contributed by atoms with Crippen LogP contribution in [-0.2, 0) is 4.79 Å². The molecule has 1 saturated heterocycles. The molecule has 3 nitrogen and oxygen atoms in total. The minimum absolute atomic E-state index is 0.304. The van der Waals surface area contributed by atoms with Crippen molar-refractivity contribution in [1.82, 2.24) is 4.90 Å². The third-order valence-electron chi connectivity index (χ3n) is 3.76. The molecule has 18 heavy (non-hydrogen) atoms. The lowest BCUT2D eigenvalue weighted by atomic mass is 9.96.